The fourth-order valence-corrected chi connectivity index (χ4v) is 0.680. The lowest BCUT2D eigenvalue weighted by Crippen LogP contribution is -2.33. The third-order valence-electron chi connectivity index (χ3n) is 1.21. The van der Waals surface area contributed by atoms with E-state index in [9.17, 15) is 4.79 Å². The Kier molecular flexibility index (Phi) is 6.47. The number of alkyl halides is 1. The first-order chi connectivity index (χ1) is 5.72. The molecule has 70 valence electrons. The summed E-state index contributed by atoms with van der Waals surface area (Å²) in [4.78, 5) is 16.2. The molecule has 0 radical (unpaired) electrons. The van der Waals surface area contributed by atoms with Crippen LogP contribution in [0.5, 0.6) is 0 Å². The van der Waals surface area contributed by atoms with Crippen molar-refractivity contribution in [2.75, 3.05) is 26.5 Å². The monoisotopic (exact) mass is 191 g/mol. The normalized spacial score (nSPS) is 10.2. The van der Waals surface area contributed by atoms with Gasteiger partial charge in [0.2, 0.25) is 0 Å². The second kappa shape index (κ2) is 6.91. The molecule has 12 heavy (non-hydrogen) atoms. The largest absolute Gasteiger partial charge is 0.341 e. The van der Waals surface area contributed by atoms with Crippen molar-refractivity contribution in [2.45, 2.75) is 6.42 Å². The zero-order valence-electron chi connectivity index (χ0n) is 7.38. The van der Waals surface area contributed by atoms with Crippen LogP contribution in [0.3, 0.4) is 0 Å². The predicted octanol–water partition coefficient (Wildman–Crippen LogP) is 0.915. The average Bonchev–Trinajstić information content (AvgIpc) is 2.10. The first kappa shape index (κ1) is 11.2. The average molecular weight is 192 g/mol. The van der Waals surface area contributed by atoms with Gasteiger partial charge in [0.15, 0.2) is 0 Å². The van der Waals surface area contributed by atoms with E-state index in [-0.39, 0.29) is 6.03 Å². The van der Waals surface area contributed by atoms with Crippen LogP contribution in [0, 0.1) is 0 Å². The van der Waals surface area contributed by atoms with Crippen LogP contribution in [0.2, 0.25) is 0 Å². The molecule has 0 atom stereocenters. The second-order valence-corrected chi connectivity index (χ2v) is 2.61. The second-order valence-electron chi connectivity index (χ2n) is 2.23. The van der Waals surface area contributed by atoms with Crippen molar-refractivity contribution in [3.8, 4) is 0 Å². The highest BCUT2D eigenvalue weighted by atomic mass is 35.5. The van der Waals surface area contributed by atoms with Crippen LogP contribution >= 0.6 is 11.6 Å². The first-order valence-corrected chi connectivity index (χ1v) is 4.26. The summed E-state index contributed by atoms with van der Waals surface area (Å²) >= 11 is 5.44. The molecule has 0 aromatic heterocycles. The van der Waals surface area contributed by atoms with E-state index in [0.717, 1.165) is 6.42 Å². The van der Waals surface area contributed by atoms with Gasteiger partial charge >= 0.3 is 6.03 Å². The molecule has 0 aliphatic rings. The number of rotatable bonds is 4. The van der Waals surface area contributed by atoms with Gasteiger partial charge < -0.3 is 5.32 Å². The maximum absolute atomic E-state index is 10.9. The predicted molar refractivity (Wildman–Crippen MR) is 50.9 cm³/mol. The quantitative estimate of drug-likeness (QED) is 0.305. The third kappa shape index (κ3) is 4.96. The summed E-state index contributed by atoms with van der Waals surface area (Å²) in [5.41, 5.74) is 0. The molecule has 2 amide bonds. The summed E-state index contributed by atoms with van der Waals surface area (Å²) in [6, 6.07) is -0.176. The molecular weight excluding hydrogens is 178 g/mol. The summed E-state index contributed by atoms with van der Waals surface area (Å²) in [7, 11) is 3.22. The molecule has 5 heteroatoms. The van der Waals surface area contributed by atoms with Crippen LogP contribution in [0.25, 0.3) is 0 Å². The number of hydrogen-bond acceptors (Lipinski definition) is 2. The van der Waals surface area contributed by atoms with Crippen molar-refractivity contribution in [3.63, 3.8) is 0 Å². The molecule has 0 saturated heterocycles. The van der Waals surface area contributed by atoms with Crippen LogP contribution in [0.1, 0.15) is 6.42 Å². The molecular formula is C7H14ClN3O. The highest BCUT2D eigenvalue weighted by Crippen LogP contribution is 1.85. The van der Waals surface area contributed by atoms with E-state index in [4.69, 9.17) is 11.6 Å². The van der Waals surface area contributed by atoms with Gasteiger partial charge in [-0.25, -0.2) is 4.79 Å². The third-order valence-corrected chi connectivity index (χ3v) is 1.48. The topological polar surface area (TPSA) is 44.7 Å². The molecule has 0 aromatic rings. The molecule has 0 bridgehead atoms. The van der Waals surface area contributed by atoms with Gasteiger partial charge in [-0.3, -0.25) is 9.89 Å². The summed E-state index contributed by atoms with van der Waals surface area (Å²) in [6.45, 7) is 0.658. The Morgan fingerprint density at radius 3 is 2.92 bits per heavy atom. The Bertz CT molecular complexity index is 161. The number of hydrogen-bond donors (Lipinski definition) is 1. The number of urea groups is 1. The van der Waals surface area contributed by atoms with Crippen molar-refractivity contribution >= 4 is 24.0 Å². The summed E-state index contributed by atoms with van der Waals surface area (Å²) in [5.74, 6) is 0.598. The van der Waals surface area contributed by atoms with Gasteiger partial charge in [-0.15, -0.1) is 11.6 Å². The zero-order valence-corrected chi connectivity index (χ0v) is 8.14. The Balaban J connectivity index is 3.60. The van der Waals surface area contributed by atoms with Crippen molar-refractivity contribution in [3.05, 3.63) is 0 Å². The molecule has 0 unspecified atom stereocenters. The van der Waals surface area contributed by atoms with Gasteiger partial charge in [-0.05, 0) is 6.42 Å². The van der Waals surface area contributed by atoms with E-state index in [1.165, 1.54) is 11.2 Å². The van der Waals surface area contributed by atoms with Crippen LogP contribution < -0.4 is 5.32 Å². The van der Waals surface area contributed by atoms with Crippen LogP contribution in [0.4, 0.5) is 4.79 Å². The molecule has 0 saturated carbocycles. The number of amides is 2. The number of aliphatic imine (C=N–C) groups is 1. The summed E-state index contributed by atoms with van der Waals surface area (Å²) in [5, 5.41) is 2.48. The van der Waals surface area contributed by atoms with E-state index in [0.29, 0.717) is 12.4 Å². The summed E-state index contributed by atoms with van der Waals surface area (Å²) < 4.78 is 0. The van der Waals surface area contributed by atoms with Gasteiger partial charge in [0, 0.05) is 26.5 Å². The lowest BCUT2D eigenvalue weighted by molar-refractivity contribution is 0.229. The highest BCUT2D eigenvalue weighted by molar-refractivity contribution is 6.17. The maximum atomic E-state index is 10.9. The van der Waals surface area contributed by atoms with E-state index >= 15 is 0 Å². The SMILES string of the molecule is CNC(=O)N(C)C=NCCCCl. The molecule has 0 heterocycles. The minimum absolute atomic E-state index is 0.176. The van der Waals surface area contributed by atoms with Crippen molar-refractivity contribution < 1.29 is 4.79 Å². The van der Waals surface area contributed by atoms with E-state index < -0.39 is 0 Å². The van der Waals surface area contributed by atoms with Gasteiger partial charge in [-0.2, -0.15) is 0 Å². The van der Waals surface area contributed by atoms with E-state index in [2.05, 4.69) is 10.3 Å². The Hall–Kier alpha value is -0.770. The van der Waals surface area contributed by atoms with Gasteiger partial charge in [-0.1, -0.05) is 0 Å². The fraction of sp³-hybridized carbons (Fsp3) is 0.714. The fourth-order valence-electron chi connectivity index (χ4n) is 0.560. The lowest BCUT2D eigenvalue weighted by Gasteiger charge is -2.08. The number of carbonyl (C=O) groups is 1. The molecule has 0 fully saturated rings. The van der Waals surface area contributed by atoms with Crippen LogP contribution in [-0.4, -0.2) is 43.8 Å². The van der Waals surface area contributed by atoms with E-state index in [1.807, 2.05) is 0 Å². The Morgan fingerprint density at radius 1 is 1.75 bits per heavy atom. The summed E-state index contributed by atoms with van der Waals surface area (Å²) in [6.07, 6.45) is 2.32. The van der Waals surface area contributed by atoms with Crippen LogP contribution in [-0.2, 0) is 0 Å². The number of halogens is 1. The van der Waals surface area contributed by atoms with E-state index in [1.54, 1.807) is 14.1 Å². The molecule has 0 spiro atoms. The first-order valence-electron chi connectivity index (χ1n) is 3.72. The van der Waals surface area contributed by atoms with Gasteiger partial charge in [0.1, 0.15) is 0 Å². The molecule has 4 nitrogen and oxygen atoms in total. The molecule has 0 aliphatic heterocycles. The van der Waals surface area contributed by atoms with Crippen molar-refractivity contribution in [1.29, 1.82) is 0 Å². The molecule has 1 N–H and O–H groups in total. The molecule has 0 aromatic carbocycles. The molecule has 0 rings (SSSR count). The lowest BCUT2D eigenvalue weighted by atomic mass is 10.5. The zero-order chi connectivity index (χ0) is 9.40. The van der Waals surface area contributed by atoms with Crippen molar-refractivity contribution in [1.82, 2.24) is 10.2 Å². The Labute approximate surface area is 77.6 Å². The van der Waals surface area contributed by atoms with Crippen LogP contribution in [0.15, 0.2) is 4.99 Å². The minimum Gasteiger partial charge on any atom is -0.341 e. The van der Waals surface area contributed by atoms with Gasteiger partial charge in [0.05, 0.1) is 6.34 Å². The van der Waals surface area contributed by atoms with Gasteiger partial charge in [0.25, 0.3) is 0 Å². The highest BCUT2D eigenvalue weighted by Gasteiger charge is 1.99. The standard InChI is InChI=1S/C7H14ClN3O/c1-9-7(12)11(2)6-10-5-3-4-8/h6H,3-5H2,1-2H3,(H,9,12). The maximum Gasteiger partial charge on any atom is 0.322 e. The Morgan fingerprint density at radius 2 is 2.42 bits per heavy atom. The molecule has 0 aliphatic carbocycles. The smallest absolute Gasteiger partial charge is 0.322 e. The van der Waals surface area contributed by atoms with Crippen molar-refractivity contribution in [2.24, 2.45) is 4.99 Å². The number of nitrogens with zero attached hydrogens (tertiary/aromatic N) is 2. The minimum atomic E-state index is -0.176. The number of carbonyl (C=O) groups excluding carboxylic acids is 1. The number of nitrogens with one attached hydrogen (secondary N) is 1.